The molecule has 0 atom stereocenters. The monoisotopic (exact) mass is 300 g/mol. The fourth-order valence-electron chi connectivity index (χ4n) is 1.60. The molecule has 6 nitrogen and oxygen atoms in total. The summed E-state index contributed by atoms with van der Waals surface area (Å²) >= 11 is 0. The molecule has 0 unspecified atom stereocenters. The molecule has 6 heteroatoms. The first-order valence-corrected chi connectivity index (χ1v) is 7.44. The molecule has 0 rings (SSSR count). The Morgan fingerprint density at radius 1 is 1.14 bits per heavy atom. The Bertz CT molecular complexity index is 361. The number of hydrogen-bond acceptors (Lipinski definition) is 4. The Morgan fingerprint density at radius 3 is 2.24 bits per heavy atom. The van der Waals surface area contributed by atoms with Crippen LogP contribution in [0.1, 0.15) is 47.5 Å². The van der Waals surface area contributed by atoms with Gasteiger partial charge >= 0.3 is 5.97 Å². The second-order valence-corrected chi connectivity index (χ2v) is 5.82. The lowest BCUT2D eigenvalue weighted by molar-refractivity contribution is -0.148. The molecule has 122 valence electrons. The van der Waals surface area contributed by atoms with E-state index in [9.17, 15) is 14.4 Å². The highest BCUT2D eigenvalue weighted by molar-refractivity contribution is 5.82. The second-order valence-electron chi connectivity index (χ2n) is 5.82. The number of hydrogen-bond donors (Lipinski definition) is 1. The van der Waals surface area contributed by atoms with Gasteiger partial charge < -0.3 is 15.0 Å². The van der Waals surface area contributed by atoms with Crippen molar-refractivity contribution in [1.82, 2.24) is 10.2 Å². The van der Waals surface area contributed by atoms with Crippen LogP contribution in [0, 0.1) is 5.41 Å². The van der Waals surface area contributed by atoms with E-state index in [1.165, 1.54) is 4.90 Å². The number of carbonyl (C=O) groups excluding carboxylic acids is 3. The van der Waals surface area contributed by atoms with Gasteiger partial charge in [-0.15, -0.1) is 0 Å². The van der Waals surface area contributed by atoms with E-state index in [1.807, 2.05) is 27.7 Å². The molecule has 0 aliphatic heterocycles. The normalized spacial score (nSPS) is 10.9. The van der Waals surface area contributed by atoms with Crippen molar-refractivity contribution in [3.8, 4) is 0 Å². The molecule has 0 spiro atoms. The van der Waals surface area contributed by atoms with Crippen LogP contribution in [0.2, 0.25) is 0 Å². The zero-order valence-electron chi connectivity index (χ0n) is 13.8. The van der Waals surface area contributed by atoms with Crippen molar-refractivity contribution in [2.45, 2.75) is 47.5 Å². The van der Waals surface area contributed by atoms with Gasteiger partial charge in [0.05, 0.1) is 6.61 Å². The average molecular weight is 300 g/mol. The van der Waals surface area contributed by atoms with Crippen molar-refractivity contribution < 1.29 is 19.1 Å². The molecular formula is C15H28N2O4. The summed E-state index contributed by atoms with van der Waals surface area (Å²) < 4.78 is 4.83. The summed E-state index contributed by atoms with van der Waals surface area (Å²) in [6.45, 7) is 10.3. The van der Waals surface area contributed by atoms with Crippen LogP contribution >= 0.6 is 0 Å². The van der Waals surface area contributed by atoms with E-state index >= 15 is 0 Å². The molecule has 0 aromatic rings. The number of nitrogens with zero attached hydrogens (tertiary/aromatic N) is 1. The summed E-state index contributed by atoms with van der Waals surface area (Å²) in [5, 5.41) is 2.79. The Labute approximate surface area is 127 Å². The molecule has 0 heterocycles. The minimum Gasteiger partial charge on any atom is -0.465 e. The molecule has 0 aliphatic carbocycles. The molecule has 0 aromatic heterocycles. The van der Waals surface area contributed by atoms with E-state index in [4.69, 9.17) is 4.74 Å². The lowest BCUT2D eigenvalue weighted by Crippen LogP contribution is -2.38. The first-order chi connectivity index (χ1) is 9.72. The van der Waals surface area contributed by atoms with E-state index in [0.29, 0.717) is 32.5 Å². The number of esters is 1. The molecule has 0 bridgehead atoms. The van der Waals surface area contributed by atoms with Crippen molar-refractivity contribution in [1.29, 1.82) is 0 Å². The van der Waals surface area contributed by atoms with Crippen LogP contribution in [0.4, 0.5) is 0 Å². The lowest BCUT2D eigenvalue weighted by Gasteiger charge is -2.20. The van der Waals surface area contributed by atoms with Gasteiger partial charge in [-0.2, -0.15) is 0 Å². The van der Waals surface area contributed by atoms with Crippen molar-refractivity contribution >= 4 is 17.8 Å². The first kappa shape index (κ1) is 19.4. The van der Waals surface area contributed by atoms with Gasteiger partial charge in [-0.3, -0.25) is 14.4 Å². The van der Waals surface area contributed by atoms with Crippen LogP contribution in [0.3, 0.4) is 0 Å². The van der Waals surface area contributed by atoms with Crippen LogP contribution in [0.15, 0.2) is 0 Å². The van der Waals surface area contributed by atoms with E-state index in [2.05, 4.69) is 5.32 Å². The fraction of sp³-hybridized carbons (Fsp3) is 0.800. The largest absolute Gasteiger partial charge is 0.465 e. The maximum absolute atomic E-state index is 12.0. The number of nitrogens with one attached hydrogen (secondary N) is 1. The standard InChI is InChI=1S/C15H28N2O4/c1-6-17(11-13(19)21-7-2)12(18)9-8-10-16-14(20)15(3,4)5/h6-11H2,1-5H3,(H,16,20). The zero-order valence-corrected chi connectivity index (χ0v) is 13.8. The van der Waals surface area contributed by atoms with Crippen LogP contribution in [-0.4, -0.2) is 48.9 Å². The summed E-state index contributed by atoms with van der Waals surface area (Å²) in [5.41, 5.74) is -0.427. The lowest BCUT2D eigenvalue weighted by atomic mass is 9.96. The van der Waals surface area contributed by atoms with Gasteiger partial charge in [0.15, 0.2) is 0 Å². The summed E-state index contributed by atoms with van der Waals surface area (Å²) in [4.78, 5) is 36.4. The minimum atomic E-state index is -0.427. The predicted molar refractivity (Wildman–Crippen MR) is 80.6 cm³/mol. The molecule has 0 aliphatic rings. The Kier molecular flexibility index (Phi) is 8.66. The van der Waals surface area contributed by atoms with E-state index in [-0.39, 0.29) is 18.4 Å². The van der Waals surface area contributed by atoms with E-state index < -0.39 is 11.4 Å². The summed E-state index contributed by atoms with van der Waals surface area (Å²) in [5.74, 6) is -0.530. The SMILES string of the molecule is CCOC(=O)CN(CC)C(=O)CCCNC(=O)C(C)(C)C. The highest BCUT2D eigenvalue weighted by Crippen LogP contribution is 2.12. The molecule has 0 aromatic carbocycles. The van der Waals surface area contributed by atoms with Crippen LogP contribution < -0.4 is 5.32 Å². The average Bonchev–Trinajstić information content (AvgIpc) is 2.39. The Morgan fingerprint density at radius 2 is 1.76 bits per heavy atom. The summed E-state index contributed by atoms with van der Waals surface area (Å²) in [7, 11) is 0. The zero-order chi connectivity index (χ0) is 16.5. The topological polar surface area (TPSA) is 75.7 Å². The number of ether oxygens (including phenoxy) is 1. The van der Waals surface area contributed by atoms with Gasteiger partial charge in [-0.25, -0.2) is 0 Å². The summed E-state index contributed by atoms with van der Waals surface area (Å²) in [6.07, 6.45) is 0.859. The smallest absolute Gasteiger partial charge is 0.325 e. The maximum Gasteiger partial charge on any atom is 0.325 e. The molecular weight excluding hydrogens is 272 g/mol. The van der Waals surface area contributed by atoms with Crippen molar-refractivity contribution in [3.63, 3.8) is 0 Å². The Balaban J connectivity index is 4.06. The third kappa shape index (κ3) is 8.32. The quantitative estimate of drug-likeness (QED) is 0.542. The van der Waals surface area contributed by atoms with Gasteiger partial charge in [0.25, 0.3) is 0 Å². The predicted octanol–water partition coefficient (Wildman–Crippen LogP) is 1.34. The van der Waals surface area contributed by atoms with Gasteiger partial charge in [0.2, 0.25) is 11.8 Å². The van der Waals surface area contributed by atoms with Crippen LogP contribution in [0.25, 0.3) is 0 Å². The van der Waals surface area contributed by atoms with Gasteiger partial charge in [0, 0.05) is 24.9 Å². The molecule has 0 fully saturated rings. The fourth-order valence-corrected chi connectivity index (χ4v) is 1.60. The number of likely N-dealkylation sites (N-methyl/N-ethyl adjacent to an activating group) is 1. The third-order valence-corrected chi connectivity index (χ3v) is 2.89. The molecule has 1 N–H and O–H groups in total. The maximum atomic E-state index is 12.0. The highest BCUT2D eigenvalue weighted by atomic mass is 16.5. The van der Waals surface area contributed by atoms with E-state index in [1.54, 1.807) is 6.92 Å². The minimum absolute atomic E-state index is 0.0163. The van der Waals surface area contributed by atoms with Crippen molar-refractivity contribution in [2.24, 2.45) is 5.41 Å². The molecule has 21 heavy (non-hydrogen) atoms. The van der Waals surface area contributed by atoms with Gasteiger partial charge in [-0.05, 0) is 20.3 Å². The van der Waals surface area contributed by atoms with E-state index in [0.717, 1.165) is 0 Å². The molecule has 0 saturated carbocycles. The third-order valence-electron chi connectivity index (χ3n) is 2.89. The first-order valence-electron chi connectivity index (χ1n) is 7.44. The summed E-state index contributed by atoms with van der Waals surface area (Å²) in [6, 6.07) is 0. The van der Waals surface area contributed by atoms with Crippen molar-refractivity contribution in [3.05, 3.63) is 0 Å². The highest BCUT2D eigenvalue weighted by Gasteiger charge is 2.20. The van der Waals surface area contributed by atoms with Crippen LogP contribution in [-0.2, 0) is 19.1 Å². The number of rotatable bonds is 8. The van der Waals surface area contributed by atoms with Crippen molar-refractivity contribution in [2.75, 3.05) is 26.2 Å². The van der Waals surface area contributed by atoms with Gasteiger partial charge in [0.1, 0.15) is 6.54 Å². The second kappa shape index (κ2) is 9.37. The number of carbonyl (C=O) groups is 3. The van der Waals surface area contributed by atoms with Gasteiger partial charge in [-0.1, -0.05) is 20.8 Å². The molecule has 0 radical (unpaired) electrons. The molecule has 2 amide bonds. The Hall–Kier alpha value is -1.59. The molecule has 0 saturated heterocycles. The van der Waals surface area contributed by atoms with Crippen LogP contribution in [0.5, 0.6) is 0 Å². The number of amides is 2.